The van der Waals surface area contributed by atoms with Crippen LogP contribution in [0.5, 0.6) is 0 Å². The maximum atomic E-state index is 10.1. The highest BCUT2D eigenvalue weighted by Gasteiger charge is 2.53. The van der Waals surface area contributed by atoms with Gasteiger partial charge < -0.3 is 15.9 Å². The van der Waals surface area contributed by atoms with Crippen LogP contribution in [0.25, 0.3) is 0 Å². The van der Waals surface area contributed by atoms with E-state index in [0.717, 1.165) is 32.2 Å². The molecule has 2 fully saturated rings. The van der Waals surface area contributed by atoms with Crippen molar-refractivity contribution in [1.82, 2.24) is 10.2 Å². The zero-order valence-electron chi connectivity index (χ0n) is 14.6. The van der Waals surface area contributed by atoms with Crippen LogP contribution in [0.3, 0.4) is 0 Å². The zero-order valence-corrected chi connectivity index (χ0v) is 14.6. The van der Waals surface area contributed by atoms with Crippen LogP contribution in [0.1, 0.15) is 56.2 Å². The second kappa shape index (κ2) is 6.11. The lowest BCUT2D eigenvalue weighted by Crippen LogP contribution is -2.50. The molecule has 0 aromatic carbocycles. The van der Waals surface area contributed by atoms with E-state index in [1.54, 1.807) is 0 Å². The van der Waals surface area contributed by atoms with Gasteiger partial charge in [0.05, 0.1) is 12.3 Å². The first-order valence-electron chi connectivity index (χ1n) is 9.59. The lowest BCUT2D eigenvalue weighted by atomic mass is 9.52. The molecule has 134 valence electrons. The molecule has 3 aliphatic carbocycles. The molecule has 7 atom stereocenters. The van der Waals surface area contributed by atoms with Gasteiger partial charge in [-0.25, -0.2) is 0 Å². The van der Waals surface area contributed by atoms with E-state index in [-0.39, 0.29) is 24.0 Å². The van der Waals surface area contributed by atoms with Crippen LogP contribution in [0.4, 0.5) is 0 Å². The SMILES string of the molecule is C[C@]1([C@H]2CC[C@@H]3c4[nH]ncc4C[C@H]3[C@@H]2CN)CC[C@H](O)C[C@@H]1CO. The van der Waals surface area contributed by atoms with E-state index < -0.39 is 0 Å². The Hall–Kier alpha value is -0.910. The standard InChI is InChI=1S/C19H31N3O2/c1-19(5-4-13(24)7-12(19)10-23)17-3-2-14-15(16(17)8-20)6-11-9-21-22-18(11)14/h9,12-17,23-24H,2-8,10,20H2,1H3,(H,21,22)/t12-,13+,14+,15-,16+,17+,19+/m1/s1. The van der Waals surface area contributed by atoms with Gasteiger partial charge in [-0.1, -0.05) is 6.92 Å². The van der Waals surface area contributed by atoms with Crippen molar-refractivity contribution in [3.8, 4) is 0 Å². The van der Waals surface area contributed by atoms with Crippen molar-refractivity contribution >= 4 is 0 Å². The number of nitrogens with two attached hydrogens (primary N) is 1. The molecule has 1 heterocycles. The Morgan fingerprint density at radius 1 is 1.38 bits per heavy atom. The summed E-state index contributed by atoms with van der Waals surface area (Å²) in [6, 6.07) is 0. The molecule has 0 bridgehead atoms. The Bertz CT molecular complexity index is 589. The summed E-state index contributed by atoms with van der Waals surface area (Å²) < 4.78 is 0. The molecule has 5 N–H and O–H groups in total. The molecule has 1 aromatic rings. The van der Waals surface area contributed by atoms with Gasteiger partial charge in [0, 0.05) is 18.2 Å². The van der Waals surface area contributed by atoms with Gasteiger partial charge in [0.2, 0.25) is 0 Å². The minimum Gasteiger partial charge on any atom is -0.396 e. The smallest absolute Gasteiger partial charge is 0.0544 e. The first-order chi connectivity index (χ1) is 11.6. The number of hydrogen-bond acceptors (Lipinski definition) is 4. The largest absolute Gasteiger partial charge is 0.396 e. The maximum Gasteiger partial charge on any atom is 0.0544 e. The van der Waals surface area contributed by atoms with Crippen molar-refractivity contribution in [3.63, 3.8) is 0 Å². The van der Waals surface area contributed by atoms with Crippen molar-refractivity contribution in [2.24, 2.45) is 34.8 Å². The van der Waals surface area contributed by atoms with Crippen LogP contribution in [-0.2, 0) is 6.42 Å². The molecule has 24 heavy (non-hydrogen) atoms. The fourth-order valence-electron chi connectivity index (χ4n) is 6.42. The van der Waals surface area contributed by atoms with E-state index in [9.17, 15) is 10.2 Å². The van der Waals surface area contributed by atoms with Gasteiger partial charge >= 0.3 is 0 Å². The van der Waals surface area contributed by atoms with E-state index in [0.29, 0.717) is 23.7 Å². The van der Waals surface area contributed by atoms with Crippen molar-refractivity contribution in [3.05, 3.63) is 17.5 Å². The molecule has 0 radical (unpaired) electrons. The number of hydrogen-bond donors (Lipinski definition) is 4. The number of aliphatic hydroxyl groups excluding tert-OH is 2. The van der Waals surface area contributed by atoms with Gasteiger partial charge in [0.25, 0.3) is 0 Å². The fraction of sp³-hybridized carbons (Fsp3) is 0.842. The molecule has 0 saturated heterocycles. The molecular weight excluding hydrogens is 302 g/mol. The predicted molar refractivity (Wildman–Crippen MR) is 92.3 cm³/mol. The van der Waals surface area contributed by atoms with Crippen LogP contribution < -0.4 is 5.73 Å². The summed E-state index contributed by atoms with van der Waals surface area (Å²) in [5.41, 5.74) is 9.12. The molecule has 5 nitrogen and oxygen atoms in total. The van der Waals surface area contributed by atoms with Crippen LogP contribution >= 0.6 is 0 Å². The summed E-state index contributed by atoms with van der Waals surface area (Å²) in [6.07, 6.45) is 7.80. The average molecular weight is 333 g/mol. The fourth-order valence-corrected chi connectivity index (χ4v) is 6.42. The highest BCUT2D eigenvalue weighted by Crippen LogP contribution is 2.58. The van der Waals surface area contributed by atoms with Gasteiger partial charge in [-0.05, 0) is 79.7 Å². The molecule has 0 unspecified atom stereocenters. The van der Waals surface area contributed by atoms with Gasteiger partial charge in [-0.2, -0.15) is 5.10 Å². The number of aromatic nitrogens is 2. The number of aromatic amines is 1. The third-order valence-electron chi connectivity index (χ3n) is 7.80. The van der Waals surface area contributed by atoms with Gasteiger partial charge in [-0.3, -0.25) is 5.10 Å². The van der Waals surface area contributed by atoms with Crippen LogP contribution in [0, 0.1) is 29.1 Å². The van der Waals surface area contributed by atoms with Crippen LogP contribution in [-0.4, -0.2) is 39.7 Å². The van der Waals surface area contributed by atoms with Crippen molar-refractivity contribution in [2.75, 3.05) is 13.2 Å². The monoisotopic (exact) mass is 333 g/mol. The molecule has 0 aliphatic heterocycles. The summed E-state index contributed by atoms with van der Waals surface area (Å²) in [4.78, 5) is 0. The molecule has 5 heteroatoms. The van der Waals surface area contributed by atoms with Gasteiger partial charge in [-0.15, -0.1) is 0 Å². The highest BCUT2D eigenvalue weighted by atomic mass is 16.3. The van der Waals surface area contributed by atoms with Crippen LogP contribution in [0.2, 0.25) is 0 Å². The Balaban J connectivity index is 1.61. The van der Waals surface area contributed by atoms with Crippen molar-refractivity contribution in [2.45, 2.75) is 57.5 Å². The topological polar surface area (TPSA) is 95.2 Å². The summed E-state index contributed by atoms with van der Waals surface area (Å²) in [7, 11) is 0. The number of nitrogens with zero attached hydrogens (tertiary/aromatic N) is 1. The number of H-pyrrole nitrogens is 1. The van der Waals surface area contributed by atoms with E-state index in [4.69, 9.17) is 5.73 Å². The van der Waals surface area contributed by atoms with E-state index in [1.807, 2.05) is 6.20 Å². The van der Waals surface area contributed by atoms with E-state index in [2.05, 4.69) is 17.1 Å². The Kier molecular flexibility index (Phi) is 4.22. The molecule has 1 aromatic heterocycles. The predicted octanol–water partition coefficient (Wildman–Crippen LogP) is 1.81. The van der Waals surface area contributed by atoms with Crippen molar-refractivity contribution in [1.29, 1.82) is 0 Å². The summed E-state index contributed by atoms with van der Waals surface area (Å²) in [5, 5.41) is 27.5. The molecular formula is C19H31N3O2. The van der Waals surface area contributed by atoms with Gasteiger partial charge in [0.15, 0.2) is 0 Å². The quantitative estimate of drug-likeness (QED) is 0.678. The maximum absolute atomic E-state index is 10.1. The highest BCUT2D eigenvalue weighted by molar-refractivity contribution is 5.30. The second-order valence-corrected chi connectivity index (χ2v) is 8.68. The molecule has 2 saturated carbocycles. The number of aliphatic hydroxyl groups is 2. The molecule has 4 rings (SSSR count). The number of fused-ring (bicyclic) bond motifs is 3. The molecule has 3 aliphatic rings. The zero-order chi connectivity index (χ0) is 16.9. The van der Waals surface area contributed by atoms with Gasteiger partial charge in [0.1, 0.15) is 0 Å². The number of rotatable bonds is 3. The Morgan fingerprint density at radius 3 is 2.96 bits per heavy atom. The van der Waals surface area contributed by atoms with E-state index in [1.165, 1.54) is 24.1 Å². The minimum absolute atomic E-state index is 0.0948. The summed E-state index contributed by atoms with van der Waals surface area (Å²) >= 11 is 0. The van der Waals surface area contributed by atoms with E-state index >= 15 is 0 Å². The Morgan fingerprint density at radius 2 is 2.21 bits per heavy atom. The Labute approximate surface area is 144 Å². The molecule has 0 amide bonds. The second-order valence-electron chi connectivity index (χ2n) is 8.68. The average Bonchev–Trinajstić information content (AvgIpc) is 3.17. The summed E-state index contributed by atoms with van der Waals surface area (Å²) in [5.74, 6) is 2.43. The first-order valence-corrected chi connectivity index (χ1v) is 9.59. The van der Waals surface area contributed by atoms with Crippen LogP contribution in [0.15, 0.2) is 6.20 Å². The normalized spacial score (nSPS) is 45.0. The third kappa shape index (κ3) is 2.36. The third-order valence-corrected chi connectivity index (χ3v) is 7.80. The minimum atomic E-state index is -0.250. The summed E-state index contributed by atoms with van der Waals surface area (Å²) in [6.45, 7) is 3.25. The van der Waals surface area contributed by atoms with Crippen molar-refractivity contribution < 1.29 is 10.2 Å². The first kappa shape index (κ1) is 16.6. The lowest BCUT2D eigenvalue weighted by molar-refractivity contribution is -0.0789. The molecule has 0 spiro atoms. The lowest BCUT2D eigenvalue weighted by Gasteiger charge is -2.54. The number of nitrogens with one attached hydrogen (secondary N) is 1.